The molecule has 0 aliphatic rings. The van der Waals surface area contributed by atoms with Crippen LogP contribution < -0.4 is 25.8 Å². The van der Waals surface area contributed by atoms with Crippen LogP contribution in [0.5, 0.6) is 11.5 Å². The van der Waals surface area contributed by atoms with Gasteiger partial charge >= 0.3 is 0 Å². The highest BCUT2D eigenvalue weighted by Crippen LogP contribution is 2.32. The van der Waals surface area contributed by atoms with Crippen LogP contribution in [0.3, 0.4) is 0 Å². The van der Waals surface area contributed by atoms with Gasteiger partial charge in [0.2, 0.25) is 5.95 Å². The number of nitrogens with zero attached hydrogens (tertiary/aromatic N) is 4. The molecule has 0 spiro atoms. The summed E-state index contributed by atoms with van der Waals surface area (Å²) in [7, 11) is 5.22. The van der Waals surface area contributed by atoms with E-state index in [2.05, 4.69) is 32.6 Å². The molecule has 0 fully saturated rings. The van der Waals surface area contributed by atoms with Crippen molar-refractivity contribution in [3.8, 4) is 11.5 Å². The summed E-state index contributed by atoms with van der Waals surface area (Å²) in [4.78, 5) is 8.64. The fourth-order valence-electron chi connectivity index (χ4n) is 3.23. The van der Waals surface area contributed by atoms with E-state index < -0.39 is 0 Å². The minimum absolute atomic E-state index is 0.225. The van der Waals surface area contributed by atoms with Gasteiger partial charge in [-0.3, -0.25) is 4.68 Å². The van der Waals surface area contributed by atoms with E-state index in [1.807, 2.05) is 30.1 Å². The van der Waals surface area contributed by atoms with Crippen LogP contribution in [0.1, 0.15) is 30.9 Å². The number of aromatic nitrogens is 4. The third-order valence-electron chi connectivity index (χ3n) is 4.62. The van der Waals surface area contributed by atoms with Crippen molar-refractivity contribution in [3.63, 3.8) is 0 Å². The summed E-state index contributed by atoms with van der Waals surface area (Å²) in [6.45, 7) is 4.14. The second-order valence-corrected chi connectivity index (χ2v) is 6.78. The minimum atomic E-state index is 0.225. The summed E-state index contributed by atoms with van der Waals surface area (Å²) in [6.07, 6.45) is 3.99. The van der Waals surface area contributed by atoms with Gasteiger partial charge in [0, 0.05) is 13.1 Å². The number of hydrogen-bond acceptors (Lipinski definition) is 8. The van der Waals surface area contributed by atoms with Crippen LogP contribution in [0.2, 0.25) is 0 Å². The molecule has 9 nitrogen and oxygen atoms in total. The quantitative estimate of drug-likeness (QED) is 0.446. The summed E-state index contributed by atoms with van der Waals surface area (Å²) in [5.74, 6) is 2.38. The summed E-state index contributed by atoms with van der Waals surface area (Å²) in [5, 5.41) is 11.1. The molecular formula is C20H29N7O2. The van der Waals surface area contributed by atoms with Crippen LogP contribution in [0, 0.1) is 0 Å². The molecule has 0 radical (unpaired) electrons. The highest BCUT2D eigenvalue weighted by Gasteiger charge is 2.16. The summed E-state index contributed by atoms with van der Waals surface area (Å²) >= 11 is 0. The largest absolute Gasteiger partial charge is 0.496 e. The van der Waals surface area contributed by atoms with Gasteiger partial charge in [0.05, 0.1) is 32.5 Å². The number of unbranched alkanes of at least 4 members (excludes halogenated alkanes) is 1. The molecule has 2 aromatic heterocycles. The highest BCUT2D eigenvalue weighted by molar-refractivity contribution is 5.85. The fraction of sp³-hybridized carbons (Fsp3) is 0.450. The van der Waals surface area contributed by atoms with Gasteiger partial charge in [-0.15, -0.1) is 0 Å². The third kappa shape index (κ3) is 4.68. The topological polar surface area (TPSA) is 112 Å². The maximum Gasteiger partial charge on any atom is 0.222 e. The Morgan fingerprint density at radius 1 is 1.14 bits per heavy atom. The number of nitrogens with one attached hydrogen (secondary N) is 2. The van der Waals surface area contributed by atoms with Crippen molar-refractivity contribution < 1.29 is 9.47 Å². The maximum absolute atomic E-state index is 5.88. The molecule has 2 heterocycles. The first-order valence-electron chi connectivity index (χ1n) is 9.72. The number of fused-ring (bicyclic) bond motifs is 1. The SMILES string of the molecule is CCCCNc1nc(N)nc2cn(Cc3c(OC)cc(CNC)cc3OC)nc12. The summed E-state index contributed by atoms with van der Waals surface area (Å²) < 4.78 is 13.0. The van der Waals surface area contributed by atoms with Gasteiger partial charge in [0.15, 0.2) is 11.3 Å². The molecular weight excluding hydrogens is 370 g/mol. The van der Waals surface area contributed by atoms with Crippen LogP contribution in [0.25, 0.3) is 11.0 Å². The Bertz CT molecular complexity index is 946. The number of hydrogen-bond donors (Lipinski definition) is 3. The van der Waals surface area contributed by atoms with Gasteiger partial charge in [-0.25, -0.2) is 4.98 Å². The molecule has 4 N–H and O–H groups in total. The third-order valence-corrected chi connectivity index (χ3v) is 4.62. The predicted octanol–water partition coefficient (Wildman–Crippen LogP) is 2.41. The van der Waals surface area contributed by atoms with Crippen molar-refractivity contribution >= 4 is 22.8 Å². The molecule has 0 saturated heterocycles. The zero-order valence-electron chi connectivity index (χ0n) is 17.5. The van der Waals surface area contributed by atoms with Crippen molar-refractivity contribution in [3.05, 3.63) is 29.5 Å². The minimum Gasteiger partial charge on any atom is -0.496 e. The van der Waals surface area contributed by atoms with Gasteiger partial charge in [0.1, 0.15) is 17.0 Å². The summed E-state index contributed by atoms with van der Waals surface area (Å²) in [6, 6.07) is 4.01. The second kappa shape index (κ2) is 9.42. The number of nitrogens with two attached hydrogens (primary N) is 1. The molecule has 9 heteroatoms. The Kier molecular flexibility index (Phi) is 6.71. The first-order valence-corrected chi connectivity index (χ1v) is 9.72. The van der Waals surface area contributed by atoms with E-state index in [0.29, 0.717) is 23.4 Å². The molecule has 0 bridgehead atoms. The Morgan fingerprint density at radius 3 is 2.48 bits per heavy atom. The van der Waals surface area contributed by atoms with Gasteiger partial charge in [0.25, 0.3) is 0 Å². The number of rotatable bonds is 10. The van der Waals surface area contributed by atoms with Gasteiger partial charge < -0.3 is 25.8 Å². The molecule has 0 atom stereocenters. The maximum atomic E-state index is 5.88. The molecule has 0 unspecified atom stereocenters. The Labute approximate surface area is 170 Å². The van der Waals surface area contributed by atoms with Crippen LogP contribution in [0.4, 0.5) is 11.8 Å². The number of ether oxygens (including phenoxy) is 2. The zero-order chi connectivity index (χ0) is 20.8. The van der Waals surface area contributed by atoms with Crippen LogP contribution in [-0.4, -0.2) is 47.6 Å². The van der Waals surface area contributed by atoms with Crippen LogP contribution in [-0.2, 0) is 13.1 Å². The predicted molar refractivity (Wildman–Crippen MR) is 115 cm³/mol. The number of anilines is 2. The second-order valence-electron chi connectivity index (χ2n) is 6.78. The number of methoxy groups -OCH3 is 2. The lowest BCUT2D eigenvalue weighted by Gasteiger charge is -2.15. The van der Waals surface area contributed by atoms with E-state index in [9.17, 15) is 0 Å². The van der Waals surface area contributed by atoms with Crippen molar-refractivity contribution in [2.45, 2.75) is 32.9 Å². The Hall–Kier alpha value is -3.07. The van der Waals surface area contributed by atoms with Crippen LogP contribution >= 0.6 is 0 Å². The summed E-state index contributed by atoms with van der Waals surface area (Å²) in [5.41, 5.74) is 9.26. The van der Waals surface area contributed by atoms with Gasteiger partial charge in [-0.1, -0.05) is 13.3 Å². The standard InChI is InChI=1S/C20H29N7O2/c1-5-6-7-23-19-18-15(24-20(21)25-19)12-27(26-18)11-14-16(28-3)8-13(10-22-2)9-17(14)29-4/h8-9,12,22H,5-7,10-11H2,1-4H3,(H3,21,23,24,25). The average molecular weight is 399 g/mol. The van der Waals surface area contributed by atoms with Crippen molar-refractivity contribution in [2.75, 3.05) is 38.9 Å². The average Bonchev–Trinajstić information content (AvgIpc) is 3.11. The molecule has 29 heavy (non-hydrogen) atoms. The molecule has 0 aliphatic heterocycles. The Morgan fingerprint density at radius 2 is 1.86 bits per heavy atom. The molecule has 0 amide bonds. The smallest absolute Gasteiger partial charge is 0.222 e. The molecule has 3 aromatic rings. The fourth-order valence-corrected chi connectivity index (χ4v) is 3.23. The zero-order valence-corrected chi connectivity index (χ0v) is 17.5. The first-order chi connectivity index (χ1) is 14.1. The Balaban J connectivity index is 1.97. The molecule has 0 aliphatic carbocycles. The van der Waals surface area contributed by atoms with E-state index in [0.717, 1.165) is 48.6 Å². The van der Waals surface area contributed by atoms with E-state index in [-0.39, 0.29) is 5.95 Å². The van der Waals surface area contributed by atoms with E-state index >= 15 is 0 Å². The van der Waals surface area contributed by atoms with Crippen molar-refractivity contribution in [2.24, 2.45) is 0 Å². The first kappa shape index (κ1) is 20.7. The van der Waals surface area contributed by atoms with Crippen molar-refractivity contribution in [1.82, 2.24) is 25.1 Å². The lowest BCUT2D eigenvalue weighted by atomic mass is 10.1. The lowest BCUT2D eigenvalue weighted by molar-refractivity contribution is 0.381. The van der Waals surface area contributed by atoms with Crippen LogP contribution in [0.15, 0.2) is 18.3 Å². The molecule has 0 saturated carbocycles. The molecule has 156 valence electrons. The highest BCUT2D eigenvalue weighted by atomic mass is 16.5. The number of benzene rings is 1. The van der Waals surface area contributed by atoms with E-state index in [1.165, 1.54) is 0 Å². The van der Waals surface area contributed by atoms with Crippen molar-refractivity contribution in [1.29, 1.82) is 0 Å². The van der Waals surface area contributed by atoms with Gasteiger partial charge in [-0.2, -0.15) is 10.1 Å². The van der Waals surface area contributed by atoms with E-state index in [4.69, 9.17) is 15.2 Å². The van der Waals surface area contributed by atoms with E-state index in [1.54, 1.807) is 14.2 Å². The molecule has 3 rings (SSSR count). The lowest BCUT2D eigenvalue weighted by Crippen LogP contribution is -2.09. The monoisotopic (exact) mass is 399 g/mol. The molecule has 1 aromatic carbocycles. The normalized spacial score (nSPS) is 11.0. The number of nitrogen functional groups attached to an aromatic ring is 1. The van der Waals surface area contributed by atoms with Gasteiger partial charge in [-0.05, 0) is 31.2 Å².